The number of carbonyl (C=O) groups excluding carboxylic acids is 1. The molecule has 0 saturated carbocycles. The molecule has 3 aromatic carbocycles. The van der Waals surface area contributed by atoms with Crippen molar-refractivity contribution in [2.75, 3.05) is 6.54 Å². The number of carbonyl (C=O) groups is 2. The molecule has 6 heteroatoms. The van der Waals surface area contributed by atoms with Crippen LogP contribution in [0.15, 0.2) is 66.7 Å². The van der Waals surface area contributed by atoms with Gasteiger partial charge in [-0.3, -0.25) is 10.2 Å². The first-order valence-electron chi connectivity index (χ1n) is 10.6. The van der Waals surface area contributed by atoms with Gasteiger partial charge in [0.1, 0.15) is 5.84 Å². The molecule has 0 aliphatic heterocycles. The Kier molecular flexibility index (Phi) is 7.41. The summed E-state index contributed by atoms with van der Waals surface area (Å²) < 4.78 is 0. The third kappa shape index (κ3) is 5.95. The normalized spacial score (nSPS) is 11.0. The summed E-state index contributed by atoms with van der Waals surface area (Å²) in [5.41, 5.74) is 9.59. The van der Waals surface area contributed by atoms with E-state index in [1.165, 1.54) is 6.07 Å². The van der Waals surface area contributed by atoms with E-state index in [2.05, 4.69) is 5.32 Å². The molecule has 0 heterocycles. The predicted octanol–water partition coefficient (Wildman–Crippen LogP) is 4.89. The van der Waals surface area contributed by atoms with Crippen molar-refractivity contribution < 1.29 is 14.7 Å². The van der Waals surface area contributed by atoms with Crippen LogP contribution in [0.4, 0.5) is 0 Å². The fraction of sp³-hybridized carbons (Fsp3) is 0.148. The van der Waals surface area contributed by atoms with Crippen LogP contribution in [0.3, 0.4) is 0 Å². The molecule has 3 rings (SSSR count). The Morgan fingerprint density at radius 3 is 2.27 bits per heavy atom. The smallest absolute Gasteiger partial charge is 0.336 e. The third-order valence-electron chi connectivity index (χ3n) is 5.11. The molecule has 0 aliphatic carbocycles. The van der Waals surface area contributed by atoms with E-state index in [9.17, 15) is 14.7 Å². The van der Waals surface area contributed by atoms with E-state index in [4.69, 9.17) is 11.1 Å². The SMILES string of the molecule is CC(C)CNC(=O)c1ccc(-c2ccccc2/C=C/c2ccc(C(=N)N)cc2)c(C(=O)O)c1. The molecule has 6 nitrogen and oxygen atoms in total. The first-order chi connectivity index (χ1) is 15.8. The van der Waals surface area contributed by atoms with E-state index in [1.807, 2.05) is 62.4 Å². The van der Waals surface area contributed by atoms with Crippen LogP contribution in [0.2, 0.25) is 0 Å². The molecule has 0 aromatic heterocycles. The minimum atomic E-state index is -1.10. The number of hydrogen-bond donors (Lipinski definition) is 4. The van der Waals surface area contributed by atoms with Gasteiger partial charge in [0.25, 0.3) is 5.91 Å². The summed E-state index contributed by atoms with van der Waals surface area (Å²) in [6.07, 6.45) is 3.82. The Bertz CT molecular complexity index is 1210. The zero-order valence-electron chi connectivity index (χ0n) is 18.6. The molecule has 3 aromatic rings. The van der Waals surface area contributed by atoms with Crippen molar-refractivity contribution in [2.45, 2.75) is 13.8 Å². The van der Waals surface area contributed by atoms with Crippen molar-refractivity contribution in [3.8, 4) is 11.1 Å². The van der Waals surface area contributed by atoms with Crippen molar-refractivity contribution in [1.29, 1.82) is 5.41 Å². The average Bonchev–Trinajstić information content (AvgIpc) is 2.81. The van der Waals surface area contributed by atoms with E-state index in [1.54, 1.807) is 24.3 Å². The zero-order valence-corrected chi connectivity index (χ0v) is 18.6. The van der Waals surface area contributed by atoms with Crippen LogP contribution in [0.5, 0.6) is 0 Å². The molecule has 33 heavy (non-hydrogen) atoms. The second kappa shape index (κ2) is 10.4. The summed E-state index contributed by atoms with van der Waals surface area (Å²) in [6, 6.07) is 19.5. The lowest BCUT2D eigenvalue weighted by Gasteiger charge is -2.13. The van der Waals surface area contributed by atoms with Crippen LogP contribution in [0, 0.1) is 11.3 Å². The van der Waals surface area contributed by atoms with Crippen LogP contribution in [-0.4, -0.2) is 29.4 Å². The van der Waals surface area contributed by atoms with Gasteiger partial charge in [0.15, 0.2) is 0 Å². The standard InChI is InChI=1S/C27H27N3O3/c1-17(2)16-30-26(31)21-13-14-23(24(15-21)27(32)33)22-6-4-3-5-19(22)10-7-18-8-11-20(12-9-18)25(28)29/h3-15,17H,16H2,1-2H3,(H3,28,29)(H,30,31)(H,32,33)/b10-7+. The minimum absolute atomic E-state index is 0.0124. The highest BCUT2D eigenvalue weighted by molar-refractivity contribution is 6.02. The van der Waals surface area contributed by atoms with Crippen LogP contribution in [0.25, 0.3) is 23.3 Å². The lowest BCUT2D eigenvalue weighted by Crippen LogP contribution is -2.27. The summed E-state index contributed by atoms with van der Waals surface area (Å²) in [5, 5.41) is 20.2. The van der Waals surface area contributed by atoms with Gasteiger partial charge in [-0.05, 0) is 40.3 Å². The Balaban J connectivity index is 1.95. The maximum atomic E-state index is 12.4. The van der Waals surface area contributed by atoms with E-state index in [0.29, 0.717) is 29.2 Å². The molecule has 5 N–H and O–H groups in total. The second-order valence-electron chi connectivity index (χ2n) is 8.13. The average molecular weight is 442 g/mol. The number of rotatable bonds is 8. The molecule has 0 bridgehead atoms. The molecule has 0 aliphatic rings. The van der Waals surface area contributed by atoms with Crippen molar-refractivity contribution in [3.05, 3.63) is 94.5 Å². The number of amides is 1. The van der Waals surface area contributed by atoms with Gasteiger partial charge >= 0.3 is 5.97 Å². The number of nitrogens with two attached hydrogens (primary N) is 1. The van der Waals surface area contributed by atoms with E-state index >= 15 is 0 Å². The molecule has 1 amide bonds. The lowest BCUT2D eigenvalue weighted by atomic mass is 9.93. The monoisotopic (exact) mass is 441 g/mol. The van der Waals surface area contributed by atoms with Gasteiger partial charge in [-0.1, -0.05) is 80.6 Å². The summed E-state index contributed by atoms with van der Waals surface area (Å²) in [4.78, 5) is 24.5. The van der Waals surface area contributed by atoms with E-state index < -0.39 is 5.97 Å². The molecule has 0 unspecified atom stereocenters. The van der Waals surface area contributed by atoms with Gasteiger partial charge in [-0.15, -0.1) is 0 Å². The maximum Gasteiger partial charge on any atom is 0.336 e. The van der Waals surface area contributed by atoms with Crippen LogP contribution in [-0.2, 0) is 0 Å². The Hall–Kier alpha value is -4.19. The fourth-order valence-electron chi connectivity index (χ4n) is 3.34. The quantitative estimate of drug-likeness (QED) is 0.226. The molecule has 0 spiro atoms. The van der Waals surface area contributed by atoms with Gasteiger partial charge in [-0.25, -0.2) is 4.79 Å². The minimum Gasteiger partial charge on any atom is -0.478 e. The first kappa shape index (κ1) is 23.5. The van der Waals surface area contributed by atoms with E-state index in [-0.39, 0.29) is 17.3 Å². The highest BCUT2D eigenvalue weighted by Crippen LogP contribution is 2.29. The lowest BCUT2D eigenvalue weighted by molar-refractivity contribution is 0.0697. The second-order valence-corrected chi connectivity index (χ2v) is 8.13. The number of benzene rings is 3. The number of aromatic carboxylic acids is 1. The number of hydrogen-bond acceptors (Lipinski definition) is 3. The van der Waals surface area contributed by atoms with Crippen molar-refractivity contribution in [1.82, 2.24) is 5.32 Å². The molecule has 0 saturated heterocycles. The summed E-state index contributed by atoms with van der Waals surface area (Å²) in [5.74, 6) is -1.08. The fourth-order valence-corrected chi connectivity index (χ4v) is 3.34. The number of nitrogens with one attached hydrogen (secondary N) is 2. The van der Waals surface area contributed by atoms with Gasteiger partial charge in [0.2, 0.25) is 0 Å². The van der Waals surface area contributed by atoms with Gasteiger partial charge in [0, 0.05) is 17.7 Å². The Morgan fingerprint density at radius 2 is 1.64 bits per heavy atom. The Morgan fingerprint density at radius 1 is 0.970 bits per heavy atom. The highest BCUT2D eigenvalue weighted by atomic mass is 16.4. The maximum absolute atomic E-state index is 12.4. The molecular formula is C27H27N3O3. The molecule has 0 fully saturated rings. The van der Waals surface area contributed by atoms with Gasteiger partial charge in [0.05, 0.1) is 5.56 Å². The summed E-state index contributed by atoms with van der Waals surface area (Å²) in [6.45, 7) is 4.51. The van der Waals surface area contributed by atoms with Crippen LogP contribution >= 0.6 is 0 Å². The number of nitrogen functional groups attached to an aromatic ring is 1. The molecule has 0 radical (unpaired) electrons. The van der Waals surface area contributed by atoms with E-state index in [0.717, 1.165) is 16.7 Å². The highest BCUT2D eigenvalue weighted by Gasteiger charge is 2.17. The molecule has 168 valence electrons. The largest absolute Gasteiger partial charge is 0.478 e. The predicted molar refractivity (Wildman–Crippen MR) is 132 cm³/mol. The van der Waals surface area contributed by atoms with Crippen molar-refractivity contribution in [3.63, 3.8) is 0 Å². The van der Waals surface area contributed by atoms with Gasteiger partial charge in [-0.2, -0.15) is 0 Å². The third-order valence-corrected chi connectivity index (χ3v) is 5.11. The molecular weight excluding hydrogens is 414 g/mol. The number of carboxylic acids is 1. The zero-order chi connectivity index (χ0) is 24.0. The molecule has 0 atom stereocenters. The van der Waals surface area contributed by atoms with Crippen molar-refractivity contribution in [2.24, 2.45) is 11.7 Å². The first-order valence-corrected chi connectivity index (χ1v) is 10.6. The number of carboxylic acid groups (broad SMARTS) is 1. The Labute approximate surface area is 193 Å². The van der Waals surface area contributed by atoms with Crippen molar-refractivity contribution >= 4 is 29.9 Å². The van der Waals surface area contributed by atoms with Gasteiger partial charge < -0.3 is 16.2 Å². The topological polar surface area (TPSA) is 116 Å². The number of amidine groups is 1. The summed E-state index contributed by atoms with van der Waals surface area (Å²) in [7, 11) is 0. The van der Waals surface area contributed by atoms with Crippen LogP contribution < -0.4 is 11.1 Å². The summed E-state index contributed by atoms with van der Waals surface area (Å²) >= 11 is 0. The van der Waals surface area contributed by atoms with Crippen LogP contribution in [0.1, 0.15) is 51.3 Å².